The maximum absolute atomic E-state index is 12.0. The molecule has 24 heavy (non-hydrogen) atoms. The van der Waals surface area contributed by atoms with Gasteiger partial charge in [-0.15, -0.1) is 0 Å². The van der Waals surface area contributed by atoms with Crippen molar-refractivity contribution < 1.29 is 4.79 Å². The van der Waals surface area contributed by atoms with Gasteiger partial charge in [-0.25, -0.2) is 15.0 Å². The zero-order valence-electron chi connectivity index (χ0n) is 14.0. The molecule has 7 heteroatoms. The number of nitrogens with one attached hydrogen (secondary N) is 1. The van der Waals surface area contributed by atoms with E-state index in [9.17, 15) is 4.79 Å². The van der Waals surface area contributed by atoms with Crippen molar-refractivity contribution in [3.8, 4) is 0 Å². The molecule has 126 valence electrons. The van der Waals surface area contributed by atoms with Crippen LogP contribution < -0.4 is 5.32 Å². The number of hydrogen-bond donors (Lipinski definition) is 1. The van der Waals surface area contributed by atoms with E-state index in [-0.39, 0.29) is 11.9 Å². The fraction of sp³-hybridized carbons (Fsp3) is 0.412. The topological polar surface area (TPSA) is 74.2 Å². The van der Waals surface area contributed by atoms with E-state index in [1.54, 1.807) is 43.7 Å². The Labute approximate surface area is 141 Å². The molecule has 1 N–H and O–H groups in total. The number of pyridine rings is 1. The summed E-state index contributed by atoms with van der Waals surface area (Å²) in [5.74, 6) is 1.37. The number of hydrogen-bond acceptors (Lipinski definition) is 6. The smallest absolute Gasteiger partial charge is 0.236 e. The lowest BCUT2D eigenvalue weighted by Gasteiger charge is -2.25. The van der Waals surface area contributed by atoms with Gasteiger partial charge in [-0.3, -0.25) is 9.69 Å². The molecule has 1 aliphatic rings. The quantitative estimate of drug-likeness (QED) is 0.904. The fourth-order valence-electron chi connectivity index (χ4n) is 2.91. The second kappa shape index (κ2) is 7.35. The number of anilines is 2. The largest absolute Gasteiger partial charge is 0.348 e. The van der Waals surface area contributed by atoms with Crippen molar-refractivity contribution in [1.29, 1.82) is 0 Å². The van der Waals surface area contributed by atoms with E-state index >= 15 is 0 Å². The van der Waals surface area contributed by atoms with Crippen molar-refractivity contribution in [2.75, 3.05) is 32.5 Å². The van der Waals surface area contributed by atoms with Crippen molar-refractivity contribution in [3.05, 3.63) is 42.4 Å². The molecule has 3 rings (SSSR count). The van der Waals surface area contributed by atoms with Gasteiger partial charge in [0.15, 0.2) is 0 Å². The first-order valence-electron chi connectivity index (χ1n) is 8.07. The number of amides is 1. The summed E-state index contributed by atoms with van der Waals surface area (Å²) in [5, 5.41) is 3.11. The third-order valence-electron chi connectivity index (χ3n) is 4.18. The van der Waals surface area contributed by atoms with Crippen molar-refractivity contribution in [1.82, 2.24) is 24.8 Å². The predicted octanol–water partition coefficient (Wildman–Crippen LogP) is 1.84. The van der Waals surface area contributed by atoms with Crippen LogP contribution in [0.1, 0.15) is 24.4 Å². The average molecular weight is 326 g/mol. The average Bonchev–Trinajstić information content (AvgIpc) is 3.04. The first kappa shape index (κ1) is 16.3. The molecule has 1 saturated heterocycles. The van der Waals surface area contributed by atoms with E-state index in [4.69, 9.17) is 0 Å². The van der Waals surface area contributed by atoms with Crippen LogP contribution in [0.15, 0.2) is 36.8 Å². The highest BCUT2D eigenvalue weighted by Crippen LogP contribution is 2.32. The van der Waals surface area contributed by atoms with E-state index < -0.39 is 0 Å². The summed E-state index contributed by atoms with van der Waals surface area (Å²) in [7, 11) is 3.59. The van der Waals surface area contributed by atoms with Crippen LogP contribution in [0.3, 0.4) is 0 Å². The minimum Gasteiger partial charge on any atom is -0.348 e. The molecule has 2 aromatic heterocycles. The number of aromatic nitrogens is 3. The molecule has 1 unspecified atom stereocenters. The van der Waals surface area contributed by atoms with Gasteiger partial charge in [-0.05, 0) is 43.1 Å². The SMILES string of the molecule is CN(C)C(=O)CN1CCCC1c1ccnc(Nc2ncccn2)c1. The normalized spacial score (nSPS) is 17.7. The number of carbonyl (C=O) groups is 1. The van der Waals surface area contributed by atoms with E-state index in [1.165, 1.54) is 0 Å². The Bertz CT molecular complexity index is 690. The minimum atomic E-state index is 0.131. The molecule has 2 aromatic rings. The third-order valence-corrected chi connectivity index (χ3v) is 4.18. The lowest BCUT2D eigenvalue weighted by atomic mass is 10.1. The van der Waals surface area contributed by atoms with Gasteiger partial charge in [0, 0.05) is 38.7 Å². The molecule has 1 atom stereocenters. The van der Waals surface area contributed by atoms with Gasteiger partial charge in [0.1, 0.15) is 5.82 Å². The number of nitrogens with zero attached hydrogens (tertiary/aromatic N) is 5. The molecule has 1 fully saturated rings. The van der Waals surface area contributed by atoms with Crippen LogP contribution in [0.25, 0.3) is 0 Å². The molecular weight excluding hydrogens is 304 g/mol. The Hall–Kier alpha value is -2.54. The predicted molar refractivity (Wildman–Crippen MR) is 91.8 cm³/mol. The zero-order chi connectivity index (χ0) is 16.9. The second-order valence-electron chi connectivity index (χ2n) is 6.09. The Morgan fingerprint density at radius 1 is 1.29 bits per heavy atom. The summed E-state index contributed by atoms with van der Waals surface area (Å²) < 4.78 is 0. The lowest BCUT2D eigenvalue weighted by Crippen LogP contribution is -2.36. The summed E-state index contributed by atoms with van der Waals surface area (Å²) in [6, 6.07) is 6.04. The van der Waals surface area contributed by atoms with Crippen LogP contribution >= 0.6 is 0 Å². The van der Waals surface area contributed by atoms with E-state index in [0.29, 0.717) is 18.3 Å². The molecule has 0 radical (unpaired) electrons. The summed E-state index contributed by atoms with van der Waals surface area (Å²) in [5.41, 5.74) is 1.16. The third kappa shape index (κ3) is 3.86. The van der Waals surface area contributed by atoms with Gasteiger partial charge >= 0.3 is 0 Å². The number of rotatable bonds is 5. The molecule has 1 aliphatic heterocycles. The molecule has 0 aliphatic carbocycles. The second-order valence-corrected chi connectivity index (χ2v) is 6.09. The fourth-order valence-corrected chi connectivity index (χ4v) is 2.91. The molecule has 0 bridgehead atoms. The molecule has 1 amide bonds. The standard InChI is InChI=1S/C17H22N6O/c1-22(2)16(24)12-23-10-3-5-14(23)13-6-9-18-15(11-13)21-17-19-7-4-8-20-17/h4,6-9,11,14H,3,5,10,12H2,1-2H3,(H,18,19,20,21). The molecule has 7 nitrogen and oxygen atoms in total. The van der Waals surface area contributed by atoms with Crippen molar-refractivity contribution in [2.45, 2.75) is 18.9 Å². The van der Waals surface area contributed by atoms with Crippen LogP contribution in [-0.4, -0.2) is 57.8 Å². The van der Waals surface area contributed by atoms with Crippen molar-refractivity contribution in [3.63, 3.8) is 0 Å². The molecule has 0 aromatic carbocycles. The van der Waals surface area contributed by atoms with Crippen LogP contribution in [0.5, 0.6) is 0 Å². The molecule has 0 spiro atoms. The van der Waals surface area contributed by atoms with Crippen LogP contribution in [0, 0.1) is 0 Å². The Morgan fingerprint density at radius 2 is 2.08 bits per heavy atom. The summed E-state index contributed by atoms with van der Waals surface area (Å²) in [6.45, 7) is 1.39. The van der Waals surface area contributed by atoms with Crippen molar-refractivity contribution >= 4 is 17.7 Å². The molecule has 0 saturated carbocycles. The number of likely N-dealkylation sites (N-methyl/N-ethyl adjacent to an activating group) is 1. The first-order chi connectivity index (χ1) is 11.6. The van der Waals surface area contributed by atoms with Crippen LogP contribution in [0.2, 0.25) is 0 Å². The zero-order valence-corrected chi connectivity index (χ0v) is 14.0. The molecular formula is C17H22N6O. The highest BCUT2D eigenvalue weighted by atomic mass is 16.2. The Kier molecular flexibility index (Phi) is 5.00. The van der Waals surface area contributed by atoms with Gasteiger partial charge in [-0.1, -0.05) is 0 Å². The van der Waals surface area contributed by atoms with Gasteiger partial charge in [0.25, 0.3) is 0 Å². The monoisotopic (exact) mass is 326 g/mol. The van der Waals surface area contributed by atoms with Gasteiger partial charge < -0.3 is 10.2 Å². The number of carbonyl (C=O) groups excluding carboxylic acids is 1. The highest BCUT2D eigenvalue weighted by Gasteiger charge is 2.28. The van der Waals surface area contributed by atoms with Crippen LogP contribution in [0.4, 0.5) is 11.8 Å². The Morgan fingerprint density at radius 3 is 2.83 bits per heavy atom. The minimum absolute atomic E-state index is 0.131. The van der Waals surface area contributed by atoms with E-state index in [2.05, 4.69) is 25.2 Å². The van der Waals surface area contributed by atoms with Gasteiger partial charge in [-0.2, -0.15) is 0 Å². The summed E-state index contributed by atoms with van der Waals surface area (Å²) in [4.78, 5) is 28.5. The van der Waals surface area contributed by atoms with Crippen LogP contribution in [-0.2, 0) is 4.79 Å². The molecule has 3 heterocycles. The van der Waals surface area contributed by atoms with Crippen molar-refractivity contribution in [2.24, 2.45) is 0 Å². The van der Waals surface area contributed by atoms with E-state index in [0.717, 1.165) is 24.9 Å². The maximum atomic E-state index is 12.0. The highest BCUT2D eigenvalue weighted by molar-refractivity contribution is 5.77. The maximum Gasteiger partial charge on any atom is 0.236 e. The number of likely N-dealkylation sites (tertiary alicyclic amines) is 1. The van der Waals surface area contributed by atoms with Gasteiger partial charge in [0.05, 0.1) is 6.54 Å². The Balaban J connectivity index is 1.74. The lowest BCUT2D eigenvalue weighted by molar-refractivity contribution is -0.130. The first-order valence-corrected chi connectivity index (χ1v) is 8.07. The summed E-state index contributed by atoms with van der Waals surface area (Å²) in [6.07, 6.45) is 7.30. The van der Waals surface area contributed by atoms with Gasteiger partial charge in [0.2, 0.25) is 11.9 Å². The van der Waals surface area contributed by atoms with E-state index in [1.807, 2.05) is 12.1 Å². The summed E-state index contributed by atoms with van der Waals surface area (Å²) >= 11 is 0.